The fraction of sp³-hybridized carbons (Fsp3) is 0.273. The van der Waals surface area contributed by atoms with Gasteiger partial charge in [-0.1, -0.05) is 30.3 Å². The number of carbonyl (C=O) groups excluding carboxylic acids is 2. The van der Waals surface area contributed by atoms with Crippen LogP contribution in [0.3, 0.4) is 0 Å². The van der Waals surface area contributed by atoms with Gasteiger partial charge in [0.1, 0.15) is 0 Å². The van der Waals surface area contributed by atoms with Crippen LogP contribution in [-0.4, -0.2) is 17.9 Å². The fourth-order valence-electron chi connectivity index (χ4n) is 1.22. The zero-order chi connectivity index (χ0) is 13.3. The average Bonchev–Trinajstić information content (AvgIpc) is 2.26. The van der Waals surface area contributed by atoms with Crippen molar-refractivity contribution < 1.29 is 27.9 Å². The molecule has 0 saturated heterocycles. The quantitative estimate of drug-likeness (QED) is 0.593. The van der Waals surface area contributed by atoms with Gasteiger partial charge in [-0.3, -0.25) is 4.79 Å². The summed E-state index contributed by atoms with van der Waals surface area (Å²) in [6, 6.07) is 6.43. The maximum absolute atomic E-state index is 12.6. The van der Waals surface area contributed by atoms with E-state index in [0.717, 1.165) is 12.1 Å². The van der Waals surface area contributed by atoms with Crippen molar-refractivity contribution in [3.05, 3.63) is 35.9 Å². The molecule has 0 aliphatic rings. The molecule has 1 rings (SSSR count). The molecule has 0 fully saturated rings. The fourth-order valence-corrected chi connectivity index (χ4v) is 1.22. The van der Waals surface area contributed by atoms with Gasteiger partial charge in [-0.15, -0.1) is 0 Å². The van der Waals surface area contributed by atoms with E-state index in [1.807, 2.05) is 0 Å². The first-order valence-electron chi connectivity index (χ1n) is 4.59. The average molecular weight is 245 g/mol. The number of aliphatic carboxylic acids is 1. The molecule has 0 N–H and O–H groups in total. The van der Waals surface area contributed by atoms with Crippen LogP contribution in [0.5, 0.6) is 0 Å². The Morgan fingerprint density at radius 2 is 1.59 bits per heavy atom. The van der Waals surface area contributed by atoms with E-state index in [9.17, 15) is 27.9 Å². The lowest BCUT2D eigenvalue weighted by Crippen LogP contribution is -2.55. The number of halogens is 3. The zero-order valence-corrected chi connectivity index (χ0v) is 8.75. The van der Waals surface area contributed by atoms with Gasteiger partial charge in [0.2, 0.25) is 0 Å². The van der Waals surface area contributed by atoms with Crippen molar-refractivity contribution in [1.29, 1.82) is 0 Å². The lowest BCUT2D eigenvalue weighted by Gasteiger charge is -2.31. The summed E-state index contributed by atoms with van der Waals surface area (Å²) >= 11 is 0. The minimum Gasteiger partial charge on any atom is -0.549 e. The van der Waals surface area contributed by atoms with Crippen LogP contribution in [-0.2, 0) is 4.79 Å². The van der Waals surface area contributed by atoms with Crippen LogP contribution in [0.15, 0.2) is 30.3 Å². The standard InChI is InChI=1S/C11H9F3O3/c1-10(9(16)17,11(12,13)14)8(15)7-5-3-2-4-6-7/h2-6H,1H3,(H,16,17)/p-1. The van der Waals surface area contributed by atoms with E-state index in [0.29, 0.717) is 6.92 Å². The largest absolute Gasteiger partial charge is 0.549 e. The highest BCUT2D eigenvalue weighted by molar-refractivity contribution is 6.11. The highest BCUT2D eigenvalue weighted by Crippen LogP contribution is 2.40. The molecule has 1 aromatic rings. The SMILES string of the molecule is CC(C(=O)[O-])(C(=O)c1ccccc1)C(F)(F)F. The van der Waals surface area contributed by atoms with Crippen LogP contribution in [0.1, 0.15) is 17.3 Å². The van der Waals surface area contributed by atoms with Gasteiger partial charge >= 0.3 is 6.18 Å². The summed E-state index contributed by atoms with van der Waals surface area (Å²) in [6.07, 6.45) is -5.21. The van der Waals surface area contributed by atoms with Crippen LogP contribution < -0.4 is 5.11 Å². The first-order chi connectivity index (χ1) is 7.71. The number of carboxylic acids is 1. The van der Waals surface area contributed by atoms with E-state index in [2.05, 4.69) is 0 Å². The first kappa shape index (κ1) is 13.2. The molecule has 0 aromatic heterocycles. The summed E-state index contributed by atoms with van der Waals surface area (Å²) in [5, 5.41) is 10.6. The number of rotatable bonds is 3. The first-order valence-corrected chi connectivity index (χ1v) is 4.59. The molecule has 3 nitrogen and oxygen atoms in total. The Bertz CT molecular complexity index is 439. The molecule has 0 saturated carbocycles. The second kappa shape index (κ2) is 4.20. The van der Waals surface area contributed by atoms with Crippen molar-refractivity contribution in [3.63, 3.8) is 0 Å². The van der Waals surface area contributed by atoms with E-state index < -0.39 is 23.3 Å². The second-order valence-electron chi connectivity index (χ2n) is 3.61. The van der Waals surface area contributed by atoms with Crippen LogP contribution in [0, 0.1) is 5.41 Å². The highest BCUT2D eigenvalue weighted by Gasteiger charge is 2.57. The Labute approximate surface area is 94.9 Å². The van der Waals surface area contributed by atoms with Crippen molar-refractivity contribution in [2.75, 3.05) is 0 Å². The molecule has 0 amide bonds. The van der Waals surface area contributed by atoms with Gasteiger partial charge in [0.05, 0.1) is 5.97 Å². The Balaban J connectivity index is 3.28. The molecular formula is C11H8F3O3-. The van der Waals surface area contributed by atoms with E-state index in [4.69, 9.17) is 0 Å². The number of Topliss-reactive ketones (excluding diaryl/α,β-unsaturated/α-hetero) is 1. The molecule has 17 heavy (non-hydrogen) atoms. The minimum atomic E-state index is -5.21. The van der Waals surface area contributed by atoms with Crippen LogP contribution >= 0.6 is 0 Å². The van der Waals surface area contributed by atoms with Crippen molar-refractivity contribution in [3.8, 4) is 0 Å². The van der Waals surface area contributed by atoms with Crippen molar-refractivity contribution in [2.45, 2.75) is 13.1 Å². The van der Waals surface area contributed by atoms with Gasteiger partial charge in [0.15, 0.2) is 11.2 Å². The molecule has 0 heterocycles. The van der Waals surface area contributed by atoms with Crippen molar-refractivity contribution in [2.24, 2.45) is 5.41 Å². The molecule has 1 aromatic carbocycles. The number of alkyl halides is 3. The van der Waals surface area contributed by atoms with E-state index in [-0.39, 0.29) is 5.56 Å². The topological polar surface area (TPSA) is 57.2 Å². The summed E-state index contributed by atoms with van der Waals surface area (Å²) in [5.41, 5.74) is -3.86. The molecule has 6 heteroatoms. The van der Waals surface area contributed by atoms with Crippen LogP contribution in [0.4, 0.5) is 13.2 Å². The third-order valence-electron chi connectivity index (χ3n) is 2.47. The maximum Gasteiger partial charge on any atom is 0.406 e. The smallest absolute Gasteiger partial charge is 0.406 e. The predicted molar refractivity (Wildman–Crippen MR) is 49.9 cm³/mol. The Morgan fingerprint density at radius 3 is 1.94 bits per heavy atom. The van der Waals surface area contributed by atoms with Crippen molar-refractivity contribution >= 4 is 11.8 Å². The van der Waals surface area contributed by atoms with Gasteiger partial charge in [0, 0.05) is 5.56 Å². The second-order valence-corrected chi connectivity index (χ2v) is 3.61. The van der Waals surface area contributed by atoms with Gasteiger partial charge < -0.3 is 9.90 Å². The summed E-state index contributed by atoms with van der Waals surface area (Å²) in [6.45, 7) is 0.303. The van der Waals surface area contributed by atoms with E-state index in [1.54, 1.807) is 0 Å². The number of carboxylic acid groups (broad SMARTS) is 1. The van der Waals surface area contributed by atoms with Gasteiger partial charge in [-0.2, -0.15) is 13.2 Å². The number of hydrogen-bond acceptors (Lipinski definition) is 3. The predicted octanol–water partition coefficient (Wildman–Crippen LogP) is 1.19. The summed E-state index contributed by atoms with van der Waals surface area (Å²) < 4.78 is 37.9. The highest BCUT2D eigenvalue weighted by atomic mass is 19.4. The molecule has 92 valence electrons. The van der Waals surface area contributed by atoms with Crippen LogP contribution in [0.25, 0.3) is 0 Å². The number of ketones is 1. The lowest BCUT2D eigenvalue weighted by atomic mass is 9.81. The zero-order valence-electron chi connectivity index (χ0n) is 8.75. The molecule has 0 aliphatic carbocycles. The Hall–Kier alpha value is -1.85. The molecule has 0 bridgehead atoms. The van der Waals surface area contributed by atoms with Crippen molar-refractivity contribution in [1.82, 2.24) is 0 Å². The van der Waals surface area contributed by atoms with Gasteiger partial charge in [-0.05, 0) is 6.92 Å². The molecular weight excluding hydrogens is 237 g/mol. The van der Waals surface area contributed by atoms with E-state index in [1.165, 1.54) is 18.2 Å². The molecule has 1 atom stereocenters. The number of benzene rings is 1. The normalized spacial score (nSPS) is 15.1. The van der Waals surface area contributed by atoms with Crippen LogP contribution in [0.2, 0.25) is 0 Å². The van der Waals surface area contributed by atoms with Gasteiger partial charge in [-0.25, -0.2) is 0 Å². The number of carbonyl (C=O) groups is 2. The Kier molecular flexibility index (Phi) is 3.26. The third kappa shape index (κ3) is 2.15. The monoisotopic (exact) mass is 245 g/mol. The molecule has 0 spiro atoms. The molecule has 0 aliphatic heterocycles. The number of hydrogen-bond donors (Lipinski definition) is 0. The molecule has 1 unspecified atom stereocenters. The summed E-state index contributed by atoms with van der Waals surface area (Å²) in [5.74, 6) is -4.00. The van der Waals surface area contributed by atoms with E-state index >= 15 is 0 Å². The molecule has 0 radical (unpaired) electrons. The minimum absolute atomic E-state index is 0.303. The summed E-state index contributed by atoms with van der Waals surface area (Å²) in [7, 11) is 0. The lowest BCUT2D eigenvalue weighted by molar-refractivity contribution is -0.333. The Morgan fingerprint density at radius 1 is 1.12 bits per heavy atom. The third-order valence-corrected chi connectivity index (χ3v) is 2.47. The van der Waals surface area contributed by atoms with Gasteiger partial charge in [0.25, 0.3) is 0 Å². The maximum atomic E-state index is 12.6. The summed E-state index contributed by atoms with van der Waals surface area (Å²) in [4.78, 5) is 22.2.